The molecule has 0 unspecified atom stereocenters. The monoisotopic (exact) mass is 417 g/mol. The zero-order valence-electron chi connectivity index (χ0n) is 15.2. The van der Waals surface area contributed by atoms with Crippen molar-refractivity contribution in [2.45, 2.75) is 70.1 Å². The molecular weight excluding hydrogens is 393 g/mol. The lowest BCUT2D eigenvalue weighted by Crippen LogP contribution is -2.45. The van der Waals surface area contributed by atoms with E-state index >= 15 is 0 Å². The van der Waals surface area contributed by atoms with E-state index in [2.05, 4.69) is 20.7 Å². The van der Waals surface area contributed by atoms with Crippen LogP contribution < -0.4 is 10.2 Å². The fourth-order valence-electron chi connectivity index (χ4n) is 2.42. The Balaban J connectivity index is 2.54. The van der Waals surface area contributed by atoms with E-state index in [-0.39, 0.29) is 4.90 Å². The van der Waals surface area contributed by atoms with Gasteiger partial charge in [-0.25, -0.2) is 13.1 Å². The Bertz CT molecular complexity index is 725. The summed E-state index contributed by atoms with van der Waals surface area (Å²) in [4.78, 5) is 0.151. The lowest BCUT2D eigenvalue weighted by atomic mass is 9.79. The minimum absolute atomic E-state index is 0.151. The molecule has 1 saturated heterocycles. The fraction of sp³-hybridized carbons (Fsp3) is 0.625. The Hall–Kier alpha value is -0.405. The van der Waals surface area contributed by atoms with Gasteiger partial charge in [-0.3, -0.25) is 0 Å². The second-order valence-electron chi connectivity index (χ2n) is 8.10. The molecule has 0 radical (unpaired) electrons. The highest BCUT2D eigenvalue weighted by molar-refractivity contribution is 9.10. The zero-order valence-corrected chi connectivity index (χ0v) is 17.6. The molecule has 1 N–H and O–H groups in total. The lowest BCUT2D eigenvalue weighted by molar-refractivity contribution is 0.00578. The van der Waals surface area contributed by atoms with Crippen LogP contribution in [-0.4, -0.2) is 32.3 Å². The van der Waals surface area contributed by atoms with Gasteiger partial charge >= 0.3 is 7.12 Å². The molecule has 8 heteroatoms. The smallest absolute Gasteiger partial charge is 0.399 e. The minimum atomic E-state index is -3.75. The number of sulfonamides is 1. The van der Waals surface area contributed by atoms with Gasteiger partial charge in [0, 0.05) is 15.5 Å². The normalized spacial score (nSPS) is 20.4. The molecular formula is C16H25BBrNO4S. The van der Waals surface area contributed by atoms with Crippen LogP contribution in [0.2, 0.25) is 0 Å². The Morgan fingerprint density at radius 1 is 1.08 bits per heavy atom. The molecule has 0 amide bonds. The maximum Gasteiger partial charge on any atom is 0.496 e. The number of nitrogens with one attached hydrogen (secondary N) is 1. The number of rotatable bonds is 3. The predicted octanol–water partition coefficient (Wildman–Crippen LogP) is 2.83. The summed E-state index contributed by atoms with van der Waals surface area (Å²) in [6, 6.07) is 5.21. The third-order valence-electron chi connectivity index (χ3n) is 4.21. The van der Waals surface area contributed by atoms with Crippen LogP contribution in [0.1, 0.15) is 48.5 Å². The molecule has 1 aliphatic heterocycles. The zero-order chi connectivity index (χ0) is 18.6. The first-order chi connectivity index (χ1) is 10.7. The molecule has 0 atom stereocenters. The summed E-state index contributed by atoms with van der Waals surface area (Å²) in [6.07, 6.45) is 0. The molecule has 1 heterocycles. The molecule has 1 aromatic rings. The summed E-state index contributed by atoms with van der Waals surface area (Å²) in [6.45, 7) is 13.2. The third-order valence-corrected chi connectivity index (χ3v) is 7.01. The maximum absolute atomic E-state index is 12.9. The van der Waals surface area contributed by atoms with Gasteiger partial charge in [-0.2, -0.15) is 0 Å². The van der Waals surface area contributed by atoms with Crippen LogP contribution in [0.5, 0.6) is 0 Å². The van der Waals surface area contributed by atoms with Gasteiger partial charge in [-0.05, 0) is 70.5 Å². The first-order valence-electron chi connectivity index (χ1n) is 7.84. The number of halogens is 1. The first kappa shape index (κ1) is 19.9. The largest absolute Gasteiger partial charge is 0.496 e. The van der Waals surface area contributed by atoms with Crippen molar-refractivity contribution in [2.24, 2.45) is 0 Å². The first-order valence-corrected chi connectivity index (χ1v) is 10.1. The van der Waals surface area contributed by atoms with Crippen LogP contribution in [0.3, 0.4) is 0 Å². The second-order valence-corrected chi connectivity index (χ2v) is 10.6. The van der Waals surface area contributed by atoms with Crippen LogP contribution in [0.25, 0.3) is 0 Å². The van der Waals surface area contributed by atoms with Gasteiger partial charge in [0.05, 0.1) is 16.1 Å². The minimum Gasteiger partial charge on any atom is -0.399 e. The van der Waals surface area contributed by atoms with E-state index in [1.807, 2.05) is 27.7 Å². The Labute approximate surface area is 153 Å². The van der Waals surface area contributed by atoms with Gasteiger partial charge in [0.1, 0.15) is 0 Å². The van der Waals surface area contributed by atoms with Crippen molar-refractivity contribution in [3.05, 3.63) is 22.7 Å². The van der Waals surface area contributed by atoms with Crippen LogP contribution in [0.15, 0.2) is 27.6 Å². The SMILES string of the molecule is CC(C)(C)NS(=O)(=O)c1c(Br)cccc1B1OC(C)(C)C(C)(C)O1. The van der Waals surface area contributed by atoms with Crippen LogP contribution in [-0.2, 0) is 19.3 Å². The lowest BCUT2D eigenvalue weighted by Gasteiger charge is -2.32. The van der Waals surface area contributed by atoms with Gasteiger partial charge in [0.2, 0.25) is 10.0 Å². The molecule has 134 valence electrons. The summed E-state index contributed by atoms with van der Waals surface area (Å²) in [7, 11) is -4.50. The highest BCUT2D eigenvalue weighted by Crippen LogP contribution is 2.37. The number of hydrogen-bond acceptors (Lipinski definition) is 4. The summed E-state index contributed by atoms with van der Waals surface area (Å²) in [5.41, 5.74) is -1.20. The van der Waals surface area contributed by atoms with E-state index < -0.39 is 33.9 Å². The average molecular weight is 418 g/mol. The van der Waals surface area contributed by atoms with Gasteiger partial charge in [-0.1, -0.05) is 12.1 Å². The topological polar surface area (TPSA) is 64.6 Å². The average Bonchev–Trinajstić information content (AvgIpc) is 2.54. The predicted molar refractivity (Wildman–Crippen MR) is 99.9 cm³/mol. The Morgan fingerprint density at radius 3 is 2.04 bits per heavy atom. The summed E-state index contributed by atoms with van der Waals surface area (Å²) >= 11 is 3.36. The van der Waals surface area contributed by atoms with Gasteiger partial charge < -0.3 is 9.31 Å². The van der Waals surface area contributed by atoms with Gasteiger partial charge in [0.15, 0.2) is 0 Å². The molecule has 0 saturated carbocycles. The quantitative estimate of drug-likeness (QED) is 0.768. The second kappa shape index (κ2) is 6.09. The van der Waals surface area contributed by atoms with E-state index in [4.69, 9.17) is 9.31 Å². The molecule has 5 nitrogen and oxygen atoms in total. The summed E-state index contributed by atoms with van der Waals surface area (Å²) in [5.74, 6) is 0. The van der Waals surface area contributed by atoms with E-state index in [9.17, 15) is 8.42 Å². The van der Waals surface area contributed by atoms with Crippen molar-refractivity contribution in [1.29, 1.82) is 0 Å². The Morgan fingerprint density at radius 2 is 1.58 bits per heavy atom. The van der Waals surface area contributed by atoms with E-state index in [0.717, 1.165) is 0 Å². The van der Waals surface area contributed by atoms with Gasteiger partial charge in [-0.15, -0.1) is 0 Å². The van der Waals surface area contributed by atoms with Crippen molar-refractivity contribution in [1.82, 2.24) is 4.72 Å². The standard InChI is InChI=1S/C16H25BBrNO4S/c1-14(2,3)19-24(20,21)13-11(9-8-10-12(13)18)17-22-15(4,5)16(6,7)23-17/h8-10,19H,1-7H3. The molecule has 0 spiro atoms. The highest BCUT2D eigenvalue weighted by atomic mass is 79.9. The maximum atomic E-state index is 12.9. The molecule has 1 aliphatic rings. The molecule has 24 heavy (non-hydrogen) atoms. The van der Waals surface area contributed by atoms with E-state index in [0.29, 0.717) is 9.94 Å². The van der Waals surface area contributed by atoms with Crippen molar-refractivity contribution in [2.75, 3.05) is 0 Å². The molecule has 1 fully saturated rings. The highest BCUT2D eigenvalue weighted by Gasteiger charge is 2.53. The van der Waals surface area contributed by atoms with Crippen LogP contribution in [0, 0.1) is 0 Å². The molecule has 1 aromatic carbocycles. The van der Waals surface area contributed by atoms with E-state index in [1.54, 1.807) is 39.0 Å². The molecule has 0 bridgehead atoms. The molecule has 2 rings (SSSR count). The molecule has 0 aliphatic carbocycles. The van der Waals surface area contributed by atoms with Gasteiger partial charge in [0.25, 0.3) is 0 Å². The van der Waals surface area contributed by atoms with E-state index in [1.165, 1.54) is 0 Å². The Kier molecular flexibility index (Phi) is 5.05. The van der Waals surface area contributed by atoms with Crippen LogP contribution in [0.4, 0.5) is 0 Å². The number of benzene rings is 1. The summed E-state index contributed by atoms with van der Waals surface area (Å²) < 4.78 is 41.1. The van der Waals surface area contributed by atoms with Crippen molar-refractivity contribution < 1.29 is 17.7 Å². The molecule has 0 aromatic heterocycles. The van der Waals surface area contributed by atoms with Crippen LogP contribution >= 0.6 is 15.9 Å². The van der Waals surface area contributed by atoms with Crippen molar-refractivity contribution in [3.63, 3.8) is 0 Å². The number of hydrogen-bond donors (Lipinski definition) is 1. The van der Waals surface area contributed by atoms with Crippen molar-refractivity contribution >= 4 is 38.5 Å². The summed E-state index contributed by atoms with van der Waals surface area (Å²) in [5, 5.41) is 0. The third kappa shape index (κ3) is 3.88. The van der Waals surface area contributed by atoms with Crippen molar-refractivity contribution in [3.8, 4) is 0 Å². The fourth-order valence-corrected chi connectivity index (χ4v) is 5.15.